The predicted octanol–water partition coefficient (Wildman–Crippen LogP) is 3.28. The number of fused-ring (bicyclic) bond motifs is 1. The highest BCUT2D eigenvalue weighted by molar-refractivity contribution is 7.89. The van der Waals surface area contributed by atoms with Gasteiger partial charge in [0.1, 0.15) is 5.75 Å². The van der Waals surface area contributed by atoms with Crippen molar-refractivity contribution in [2.45, 2.75) is 50.5 Å². The summed E-state index contributed by atoms with van der Waals surface area (Å²) in [5, 5.41) is 7.72. The van der Waals surface area contributed by atoms with Crippen molar-refractivity contribution in [1.82, 2.24) is 5.32 Å². The van der Waals surface area contributed by atoms with Gasteiger partial charge in [-0.05, 0) is 61.9 Å². The fraction of sp³-hybridized carbons (Fsp3) is 0.417. The van der Waals surface area contributed by atoms with Crippen molar-refractivity contribution < 1.29 is 27.5 Å². The van der Waals surface area contributed by atoms with Gasteiger partial charge in [-0.3, -0.25) is 4.79 Å². The number of anilines is 1. The average Bonchev–Trinajstić information content (AvgIpc) is 2.80. The Labute approximate surface area is 200 Å². The molecule has 34 heavy (non-hydrogen) atoms. The second kappa shape index (κ2) is 11.3. The fourth-order valence-corrected chi connectivity index (χ4v) is 4.60. The van der Waals surface area contributed by atoms with Crippen LogP contribution in [0.2, 0.25) is 0 Å². The Kier molecular flexibility index (Phi) is 8.51. The van der Waals surface area contributed by atoms with E-state index < -0.39 is 16.1 Å². The molecule has 0 fully saturated rings. The van der Waals surface area contributed by atoms with Crippen molar-refractivity contribution in [1.29, 1.82) is 0 Å². The number of rotatable bonds is 10. The zero-order valence-corrected chi connectivity index (χ0v) is 20.3. The quantitative estimate of drug-likeness (QED) is 0.298. The number of amides is 1. The molecule has 1 aliphatic heterocycles. The van der Waals surface area contributed by atoms with Gasteiger partial charge >= 0.3 is 12.1 Å². The van der Waals surface area contributed by atoms with Gasteiger partial charge in [-0.1, -0.05) is 18.2 Å². The smallest absolute Gasteiger partial charge is 0.407 e. The summed E-state index contributed by atoms with van der Waals surface area (Å²) in [7, 11) is -3.81. The minimum atomic E-state index is -3.81. The number of carbonyl (C=O) groups excluding carboxylic acids is 2. The van der Waals surface area contributed by atoms with Crippen LogP contribution in [0.25, 0.3) is 0 Å². The van der Waals surface area contributed by atoms with Crippen LogP contribution in [0.15, 0.2) is 47.4 Å². The Morgan fingerprint density at radius 2 is 1.97 bits per heavy atom. The van der Waals surface area contributed by atoms with E-state index in [1.807, 2.05) is 18.2 Å². The molecule has 0 saturated carbocycles. The van der Waals surface area contributed by atoms with Crippen LogP contribution in [0.4, 0.5) is 10.5 Å². The molecule has 3 rings (SSSR count). The Balaban J connectivity index is 1.48. The lowest BCUT2D eigenvalue weighted by Gasteiger charge is -2.27. The molecule has 0 bridgehead atoms. The highest BCUT2D eigenvalue weighted by atomic mass is 32.2. The maximum Gasteiger partial charge on any atom is 0.407 e. The number of nitrogens with zero attached hydrogens (tertiary/aromatic N) is 1. The number of carbonyl (C=O) groups is 2. The first-order valence-electron chi connectivity index (χ1n) is 11.3. The summed E-state index contributed by atoms with van der Waals surface area (Å²) < 4.78 is 33.6. The van der Waals surface area contributed by atoms with Gasteiger partial charge in [0.2, 0.25) is 10.0 Å². The third kappa shape index (κ3) is 6.71. The number of ether oxygens (including phenoxy) is 2. The molecule has 1 amide bonds. The van der Waals surface area contributed by atoms with E-state index in [2.05, 4.69) is 24.1 Å². The molecule has 0 aliphatic carbocycles. The maximum absolute atomic E-state index is 12.1. The molecule has 1 unspecified atom stereocenters. The molecular formula is C24H31N3O6S. The summed E-state index contributed by atoms with van der Waals surface area (Å²) in [6.07, 6.45) is 0.956. The molecular weight excluding hydrogens is 458 g/mol. The zero-order valence-electron chi connectivity index (χ0n) is 19.5. The molecule has 1 atom stereocenters. The van der Waals surface area contributed by atoms with Crippen LogP contribution in [0, 0.1) is 0 Å². The lowest BCUT2D eigenvalue weighted by Crippen LogP contribution is -2.25. The number of nitrogens with one attached hydrogen (secondary N) is 1. The molecule has 0 spiro atoms. The number of nitrogens with two attached hydrogens (primary N) is 1. The third-order valence-electron chi connectivity index (χ3n) is 5.80. The Hall–Kier alpha value is -3.11. The normalized spacial score (nSPS) is 15.3. The van der Waals surface area contributed by atoms with Crippen LogP contribution in [0.3, 0.4) is 0 Å². The van der Waals surface area contributed by atoms with Crippen molar-refractivity contribution in [2.24, 2.45) is 5.14 Å². The Bertz CT molecular complexity index is 1130. The van der Waals surface area contributed by atoms with E-state index in [1.165, 1.54) is 12.1 Å². The van der Waals surface area contributed by atoms with Crippen LogP contribution in [0.1, 0.15) is 50.2 Å². The van der Waals surface area contributed by atoms with Crippen molar-refractivity contribution in [3.8, 4) is 5.75 Å². The topological polar surface area (TPSA) is 128 Å². The number of benzene rings is 2. The molecule has 0 radical (unpaired) electrons. The molecule has 0 aromatic heterocycles. The summed E-state index contributed by atoms with van der Waals surface area (Å²) in [6, 6.07) is 12.0. The number of hydrogen-bond acceptors (Lipinski definition) is 7. The van der Waals surface area contributed by atoms with E-state index in [-0.39, 0.29) is 29.9 Å². The number of primary sulfonamides is 1. The van der Waals surface area contributed by atoms with Gasteiger partial charge in [0.15, 0.2) is 0 Å². The summed E-state index contributed by atoms with van der Waals surface area (Å²) >= 11 is 0. The lowest BCUT2D eigenvalue weighted by molar-refractivity contribution is -0.136. The third-order valence-corrected chi connectivity index (χ3v) is 6.71. The van der Waals surface area contributed by atoms with Crippen LogP contribution in [-0.4, -0.2) is 40.2 Å². The number of sulfonamides is 1. The summed E-state index contributed by atoms with van der Waals surface area (Å²) in [5.74, 6) is 0.357. The minimum absolute atomic E-state index is 0.00890. The van der Waals surface area contributed by atoms with Crippen molar-refractivity contribution in [2.75, 3.05) is 24.6 Å². The molecule has 2 aromatic carbocycles. The van der Waals surface area contributed by atoms with Gasteiger partial charge in [0.05, 0.1) is 17.9 Å². The highest BCUT2D eigenvalue weighted by Gasteiger charge is 2.27. The van der Waals surface area contributed by atoms with Gasteiger partial charge in [-0.2, -0.15) is 0 Å². The van der Waals surface area contributed by atoms with Gasteiger partial charge in [0, 0.05) is 31.4 Å². The van der Waals surface area contributed by atoms with Gasteiger partial charge in [-0.25, -0.2) is 18.4 Å². The molecule has 184 valence electrons. The minimum Gasteiger partial charge on any atom is -0.450 e. The average molecular weight is 490 g/mol. The Morgan fingerprint density at radius 3 is 2.68 bits per heavy atom. The molecule has 9 nitrogen and oxygen atoms in total. The first-order chi connectivity index (χ1) is 16.2. The molecule has 2 aromatic rings. The molecule has 1 aliphatic rings. The maximum atomic E-state index is 12.1. The first-order valence-corrected chi connectivity index (χ1v) is 12.9. The first kappa shape index (κ1) is 25.5. The van der Waals surface area contributed by atoms with Gasteiger partial charge < -0.3 is 19.7 Å². The predicted molar refractivity (Wildman–Crippen MR) is 128 cm³/mol. The zero-order chi connectivity index (χ0) is 24.7. The van der Waals surface area contributed by atoms with Crippen molar-refractivity contribution in [3.63, 3.8) is 0 Å². The standard InChI is InChI=1S/C24H31N3O6S/c1-3-27(4-2)19-10-11-21-18(14-23(28)33-22(21)15-19)8-6-12-32-24(29)26-16-17-7-5-9-20(13-17)34(25,30)31/h5,7,9-11,13,15,18H,3-4,6,8,12,14,16H2,1-2H3,(H,26,29)(H2,25,30,31). The second-order valence-corrected chi connectivity index (χ2v) is 9.66. The van der Waals surface area contributed by atoms with Crippen LogP contribution >= 0.6 is 0 Å². The van der Waals surface area contributed by atoms with E-state index >= 15 is 0 Å². The Morgan fingerprint density at radius 1 is 1.21 bits per heavy atom. The van der Waals surface area contributed by atoms with E-state index in [9.17, 15) is 18.0 Å². The monoisotopic (exact) mass is 489 g/mol. The van der Waals surface area contributed by atoms with Crippen LogP contribution < -0.4 is 20.1 Å². The number of hydrogen-bond donors (Lipinski definition) is 2. The number of esters is 1. The van der Waals surface area contributed by atoms with Gasteiger partial charge in [0.25, 0.3) is 0 Å². The lowest BCUT2D eigenvalue weighted by atomic mass is 9.88. The molecule has 3 N–H and O–H groups in total. The van der Waals surface area contributed by atoms with Crippen molar-refractivity contribution in [3.05, 3.63) is 53.6 Å². The molecule has 10 heteroatoms. The van der Waals surface area contributed by atoms with E-state index in [4.69, 9.17) is 14.6 Å². The van der Waals surface area contributed by atoms with Crippen molar-refractivity contribution >= 4 is 27.8 Å². The number of alkyl carbamates (subject to hydrolysis) is 1. The molecule has 0 saturated heterocycles. The van der Waals surface area contributed by atoms with Gasteiger partial charge in [-0.15, -0.1) is 0 Å². The second-order valence-electron chi connectivity index (χ2n) is 8.09. The summed E-state index contributed by atoms with van der Waals surface area (Å²) in [4.78, 5) is 26.3. The van der Waals surface area contributed by atoms with E-state index in [1.54, 1.807) is 12.1 Å². The molecule has 1 heterocycles. The van der Waals surface area contributed by atoms with Crippen LogP contribution in [-0.2, 0) is 26.1 Å². The van der Waals surface area contributed by atoms with Crippen LogP contribution in [0.5, 0.6) is 5.75 Å². The summed E-state index contributed by atoms with van der Waals surface area (Å²) in [6.45, 7) is 6.19. The van der Waals surface area contributed by atoms with E-state index in [0.29, 0.717) is 30.6 Å². The SMILES string of the molecule is CCN(CC)c1ccc2c(c1)OC(=O)CC2CCCOC(=O)NCc1cccc(S(N)(=O)=O)c1. The summed E-state index contributed by atoms with van der Waals surface area (Å²) in [5.41, 5.74) is 2.60. The highest BCUT2D eigenvalue weighted by Crippen LogP contribution is 2.39. The fourth-order valence-electron chi connectivity index (χ4n) is 4.02. The van der Waals surface area contributed by atoms with E-state index in [0.717, 1.165) is 24.3 Å². The largest absolute Gasteiger partial charge is 0.450 e.